The van der Waals surface area contributed by atoms with Gasteiger partial charge in [0.05, 0.1) is 0 Å². The van der Waals surface area contributed by atoms with Crippen LogP contribution in [-0.2, 0) is 0 Å². The van der Waals surface area contributed by atoms with Crippen LogP contribution in [-0.4, -0.2) is -0.565 Å². The van der Waals surface area contributed by atoms with Crippen LogP contribution in [0.1, 0.15) is 32.6 Å². The SMILES string of the molecule is CC1CCC(C(I)(I)I)CC1. The molecular formula is C8H13I3. The second-order valence-corrected chi connectivity index (χ2v) is 14.8. The van der Waals surface area contributed by atoms with Gasteiger partial charge in [0, 0.05) is 0 Å². The first-order valence-corrected chi connectivity index (χ1v) is 7.30. The molecule has 0 saturated heterocycles. The van der Waals surface area contributed by atoms with E-state index in [1.54, 1.807) is 0 Å². The average Bonchev–Trinajstić information content (AvgIpc) is 1.86. The highest BCUT2D eigenvalue weighted by Crippen LogP contribution is 2.49. The minimum Gasteiger partial charge on any atom is -0.0625 e. The largest absolute Gasteiger partial charge is 0.127 e. The summed E-state index contributed by atoms with van der Waals surface area (Å²) in [6.07, 6.45) is 5.77. The Morgan fingerprint density at radius 1 is 1.00 bits per heavy atom. The van der Waals surface area contributed by atoms with Crippen molar-refractivity contribution in [1.29, 1.82) is 0 Å². The highest BCUT2D eigenvalue weighted by atomic mass is 127. The van der Waals surface area contributed by atoms with Gasteiger partial charge in [-0.2, -0.15) is 0 Å². The van der Waals surface area contributed by atoms with Gasteiger partial charge in [-0.15, -0.1) is 0 Å². The summed E-state index contributed by atoms with van der Waals surface area (Å²) in [5, 5.41) is 0. The minimum atomic E-state index is 0.466. The predicted octanol–water partition coefficient (Wildman–Crippen LogP) is 4.77. The fourth-order valence-electron chi connectivity index (χ4n) is 1.59. The summed E-state index contributed by atoms with van der Waals surface area (Å²) in [5.74, 6) is 1.93. The molecule has 0 spiro atoms. The molecule has 0 aromatic heterocycles. The van der Waals surface area contributed by atoms with Crippen molar-refractivity contribution in [3.8, 4) is 0 Å². The molecule has 0 aromatic rings. The van der Waals surface area contributed by atoms with E-state index in [0.717, 1.165) is 11.8 Å². The van der Waals surface area contributed by atoms with Gasteiger partial charge in [-0.3, -0.25) is 0 Å². The molecule has 0 unspecified atom stereocenters. The molecule has 1 rings (SSSR count). The van der Waals surface area contributed by atoms with Gasteiger partial charge in [0.15, 0.2) is 0 Å². The topological polar surface area (TPSA) is 0 Å². The van der Waals surface area contributed by atoms with Gasteiger partial charge in [-0.05, 0) is 24.7 Å². The monoisotopic (exact) mass is 490 g/mol. The molecule has 1 saturated carbocycles. The van der Waals surface area contributed by atoms with E-state index in [2.05, 4.69) is 74.7 Å². The van der Waals surface area contributed by atoms with Crippen LogP contribution >= 0.6 is 67.8 Å². The molecule has 0 N–H and O–H groups in total. The molecule has 0 bridgehead atoms. The third kappa shape index (κ3) is 3.83. The Morgan fingerprint density at radius 3 is 1.82 bits per heavy atom. The van der Waals surface area contributed by atoms with Gasteiger partial charge in [0.2, 0.25) is 0 Å². The van der Waals surface area contributed by atoms with E-state index in [-0.39, 0.29) is 0 Å². The summed E-state index contributed by atoms with van der Waals surface area (Å²) in [5.41, 5.74) is 0. The zero-order valence-electron chi connectivity index (χ0n) is 6.62. The highest BCUT2D eigenvalue weighted by molar-refractivity contribution is 14.3. The lowest BCUT2D eigenvalue weighted by Crippen LogP contribution is -2.22. The summed E-state index contributed by atoms with van der Waals surface area (Å²) in [6, 6.07) is 0. The summed E-state index contributed by atoms with van der Waals surface area (Å²) in [7, 11) is 0. The first-order valence-electron chi connectivity index (χ1n) is 4.07. The van der Waals surface area contributed by atoms with E-state index in [1.807, 2.05) is 0 Å². The molecule has 3 heteroatoms. The normalized spacial score (nSPS) is 33.8. The quantitative estimate of drug-likeness (QED) is 0.368. The third-order valence-corrected chi connectivity index (χ3v) is 5.12. The summed E-state index contributed by atoms with van der Waals surface area (Å²) in [4.78, 5) is 0. The number of alkyl halides is 3. The van der Waals surface area contributed by atoms with Crippen molar-refractivity contribution >= 4 is 67.8 Å². The minimum absolute atomic E-state index is 0.466. The molecule has 0 aromatic carbocycles. The lowest BCUT2D eigenvalue weighted by atomic mass is 9.84. The van der Waals surface area contributed by atoms with Gasteiger partial charge in [0.25, 0.3) is 0 Å². The number of hydrogen-bond acceptors (Lipinski definition) is 0. The molecule has 1 fully saturated rings. The maximum Gasteiger partial charge on any atom is 0.127 e. The maximum absolute atomic E-state index is 2.58. The van der Waals surface area contributed by atoms with E-state index in [1.165, 1.54) is 25.7 Å². The van der Waals surface area contributed by atoms with Gasteiger partial charge < -0.3 is 0 Å². The van der Waals surface area contributed by atoms with Gasteiger partial charge in [-0.1, -0.05) is 87.5 Å². The third-order valence-electron chi connectivity index (χ3n) is 2.48. The highest BCUT2D eigenvalue weighted by Gasteiger charge is 2.32. The van der Waals surface area contributed by atoms with E-state index in [9.17, 15) is 0 Å². The number of hydrogen-bond donors (Lipinski definition) is 0. The van der Waals surface area contributed by atoms with E-state index >= 15 is 0 Å². The Kier molecular flexibility index (Phi) is 4.72. The van der Waals surface area contributed by atoms with Crippen LogP contribution in [0.3, 0.4) is 0 Å². The Hall–Kier alpha value is 2.19. The Bertz CT molecular complexity index is 120. The molecule has 0 nitrogen and oxygen atoms in total. The van der Waals surface area contributed by atoms with Gasteiger partial charge >= 0.3 is 0 Å². The standard InChI is InChI=1S/C8H13I3/c1-6-2-4-7(5-3-6)8(9,10)11/h6-7H,2-5H2,1H3. The van der Waals surface area contributed by atoms with Crippen molar-refractivity contribution in [3.05, 3.63) is 0 Å². The van der Waals surface area contributed by atoms with Crippen molar-refractivity contribution < 1.29 is 0 Å². The Balaban J connectivity index is 2.39. The Morgan fingerprint density at radius 2 is 1.45 bits per heavy atom. The molecule has 0 radical (unpaired) electrons. The van der Waals surface area contributed by atoms with Crippen LogP contribution in [0.2, 0.25) is 0 Å². The van der Waals surface area contributed by atoms with Crippen molar-refractivity contribution in [2.24, 2.45) is 11.8 Å². The molecule has 0 heterocycles. The molecule has 0 amide bonds. The van der Waals surface area contributed by atoms with Crippen LogP contribution < -0.4 is 0 Å². The molecular weight excluding hydrogens is 477 g/mol. The molecule has 1 aliphatic rings. The van der Waals surface area contributed by atoms with Crippen LogP contribution in [0.15, 0.2) is 0 Å². The summed E-state index contributed by atoms with van der Waals surface area (Å²) >= 11 is 7.73. The zero-order chi connectivity index (χ0) is 8.48. The van der Waals surface area contributed by atoms with Crippen molar-refractivity contribution in [2.75, 3.05) is 0 Å². The molecule has 0 atom stereocenters. The molecule has 1 aliphatic carbocycles. The summed E-state index contributed by atoms with van der Waals surface area (Å²) in [6.45, 7) is 2.38. The first kappa shape index (κ1) is 11.3. The van der Waals surface area contributed by atoms with Crippen LogP contribution in [0.25, 0.3) is 0 Å². The summed E-state index contributed by atoms with van der Waals surface area (Å²) < 4.78 is 0.466. The second-order valence-electron chi connectivity index (χ2n) is 3.50. The van der Waals surface area contributed by atoms with Crippen LogP contribution in [0, 0.1) is 11.8 Å². The van der Waals surface area contributed by atoms with Gasteiger partial charge in [-0.25, -0.2) is 0 Å². The smallest absolute Gasteiger partial charge is 0.0625 e. The molecule has 66 valence electrons. The number of halogens is 3. The van der Waals surface area contributed by atoms with Crippen molar-refractivity contribution in [3.63, 3.8) is 0 Å². The predicted molar refractivity (Wildman–Crippen MR) is 75.9 cm³/mol. The lowest BCUT2D eigenvalue weighted by Gasteiger charge is -2.32. The van der Waals surface area contributed by atoms with Crippen LogP contribution in [0.4, 0.5) is 0 Å². The van der Waals surface area contributed by atoms with Crippen molar-refractivity contribution in [2.45, 2.75) is 32.0 Å². The Labute approximate surface area is 110 Å². The second kappa shape index (κ2) is 4.61. The van der Waals surface area contributed by atoms with Crippen molar-refractivity contribution in [1.82, 2.24) is 0 Å². The zero-order valence-corrected chi connectivity index (χ0v) is 13.1. The molecule has 0 aliphatic heterocycles. The van der Waals surface area contributed by atoms with Crippen LogP contribution in [0.5, 0.6) is 0 Å². The van der Waals surface area contributed by atoms with E-state index in [4.69, 9.17) is 0 Å². The van der Waals surface area contributed by atoms with E-state index in [0.29, 0.717) is -0.565 Å². The molecule has 11 heavy (non-hydrogen) atoms. The number of rotatable bonds is 1. The average molecular weight is 490 g/mol. The fraction of sp³-hybridized carbons (Fsp3) is 1.00. The first-order chi connectivity index (χ1) is 5.00. The van der Waals surface area contributed by atoms with Gasteiger partial charge in [0.1, 0.15) is -0.565 Å². The lowest BCUT2D eigenvalue weighted by molar-refractivity contribution is 0.308. The fourth-order valence-corrected chi connectivity index (χ4v) is 3.46. The maximum atomic E-state index is 2.58. The van der Waals surface area contributed by atoms with E-state index < -0.39 is 0 Å².